The van der Waals surface area contributed by atoms with Crippen molar-refractivity contribution in [1.29, 1.82) is 0 Å². The highest BCUT2D eigenvalue weighted by Crippen LogP contribution is 2.42. The summed E-state index contributed by atoms with van der Waals surface area (Å²) in [5, 5.41) is 0.353. The van der Waals surface area contributed by atoms with Gasteiger partial charge in [-0.1, -0.05) is 55.8 Å². The molecule has 1 amide bonds. The molecule has 3 rings (SSSR count). The monoisotopic (exact) mass is 330 g/mol. The Bertz CT molecular complexity index is 783. The minimum Gasteiger partial charge on any atom is -0.337 e. The van der Waals surface area contributed by atoms with Crippen LogP contribution in [0, 0.1) is 5.41 Å². The number of hydrogen-bond acceptors (Lipinski definition) is 2. The van der Waals surface area contributed by atoms with Gasteiger partial charge in [-0.3, -0.25) is 9.59 Å². The molecule has 1 aromatic carbocycles. The van der Waals surface area contributed by atoms with E-state index in [0.29, 0.717) is 18.1 Å². The lowest BCUT2D eigenvalue weighted by molar-refractivity contribution is 0.0776. The van der Waals surface area contributed by atoms with Crippen LogP contribution in [0.2, 0.25) is 5.02 Å². The number of pyridine rings is 1. The molecule has 1 saturated heterocycles. The van der Waals surface area contributed by atoms with Crippen LogP contribution in [0.3, 0.4) is 0 Å². The van der Waals surface area contributed by atoms with Crippen LogP contribution in [0.5, 0.6) is 0 Å². The van der Waals surface area contributed by atoms with E-state index in [1.54, 1.807) is 4.90 Å². The van der Waals surface area contributed by atoms with E-state index in [1.165, 1.54) is 17.8 Å². The van der Waals surface area contributed by atoms with Crippen LogP contribution in [0.25, 0.3) is 0 Å². The topological polar surface area (TPSA) is 53.2 Å². The molecule has 1 atom stereocenters. The molecule has 2 aromatic rings. The number of halogens is 1. The molecule has 0 bridgehead atoms. The second-order valence-corrected chi connectivity index (χ2v) is 7.13. The molecule has 1 aromatic heterocycles. The average molecular weight is 331 g/mol. The first-order valence-corrected chi connectivity index (χ1v) is 7.99. The maximum Gasteiger partial charge on any atom is 0.260 e. The van der Waals surface area contributed by atoms with Crippen molar-refractivity contribution in [2.75, 3.05) is 13.1 Å². The van der Waals surface area contributed by atoms with Gasteiger partial charge in [0.15, 0.2) is 0 Å². The third-order valence-corrected chi connectivity index (χ3v) is 4.75. The van der Waals surface area contributed by atoms with Gasteiger partial charge < -0.3 is 9.88 Å². The summed E-state index contributed by atoms with van der Waals surface area (Å²) in [7, 11) is 0. The van der Waals surface area contributed by atoms with E-state index in [-0.39, 0.29) is 22.8 Å². The van der Waals surface area contributed by atoms with E-state index in [9.17, 15) is 9.59 Å². The fourth-order valence-electron chi connectivity index (χ4n) is 3.32. The first-order chi connectivity index (χ1) is 10.9. The van der Waals surface area contributed by atoms with Crippen molar-refractivity contribution in [2.45, 2.75) is 19.8 Å². The third-order valence-electron chi connectivity index (χ3n) is 4.53. The number of rotatable bonds is 2. The Morgan fingerprint density at radius 1 is 1.30 bits per heavy atom. The van der Waals surface area contributed by atoms with E-state index >= 15 is 0 Å². The fourth-order valence-corrected chi connectivity index (χ4v) is 3.48. The molecule has 2 heterocycles. The molecular weight excluding hydrogens is 312 g/mol. The van der Waals surface area contributed by atoms with Gasteiger partial charge in [-0.2, -0.15) is 0 Å². The smallest absolute Gasteiger partial charge is 0.260 e. The predicted octanol–water partition coefficient (Wildman–Crippen LogP) is 3.29. The third kappa shape index (κ3) is 3.04. The normalized spacial score (nSPS) is 19.8. The van der Waals surface area contributed by atoms with Gasteiger partial charge in [0.2, 0.25) is 0 Å². The summed E-state index contributed by atoms with van der Waals surface area (Å²) in [6, 6.07) is 11.6. The molecule has 0 spiro atoms. The standard InChI is InChI=1S/C18H19ClN2O2/c1-18(2)11-21(10-15(18)12-6-4-3-5-7-12)17(23)14-8-13(19)9-20-16(14)22/h3-9,15H,10-11H2,1-2H3,(H,20,22)/t15-/m0/s1. The van der Waals surface area contributed by atoms with Gasteiger partial charge in [0.1, 0.15) is 5.56 Å². The molecule has 120 valence electrons. The van der Waals surface area contributed by atoms with Crippen LogP contribution >= 0.6 is 11.6 Å². The van der Waals surface area contributed by atoms with Crippen LogP contribution in [0.1, 0.15) is 35.7 Å². The van der Waals surface area contributed by atoms with Crippen molar-refractivity contribution >= 4 is 17.5 Å². The van der Waals surface area contributed by atoms with Crippen LogP contribution < -0.4 is 5.56 Å². The van der Waals surface area contributed by atoms with E-state index in [2.05, 4.69) is 31.0 Å². The Hall–Kier alpha value is -2.07. The van der Waals surface area contributed by atoms with E-state index < -0.39 is 5.56 Å². The van der Waals surface area contributed by atoms with E-state index in [4.69, 9.17) is 11.6 Å². The SMILES string of the molecule is CC1(C)CN(C(=O)c2cc(Cl)c[nH]c2=O)C[C@H]1c1ccccc1. The largest absolute Gasteiger partial charge is 0.337 e. The predicted molar refractivity (Wildman–Crippen MR) is 90.9 cm³/mol. The van der Waals surface area contributed by atoms with Gasteiger partial charge in [-0.25, -0.2) is 0 Å². The van der Waals surface area contributed by atoms with E-state index in [0.717, 1.165) is 0 Å². The Balaban J connectivity index is 1.90. The molecule has 0 aliphatic carbocycles. The van der Waals surface area contributed by atoms with E-state index in [1.807, 2.05) is 18.2 Å². The number of aromatic amines is 1. The van der Waals surface area contributed by atoms with Crippen molar-refractivity contribution in [3.63, 3.8) is 0 Å². The second kappa shape index (κ2) is 5.85. The summed E-state index contributed by atoms with van der Waals surface area (Å²) < 4.78 is 0. The lowest BCUT2D eigenvalue weighted by Gasteiger charge is -2.25. The van der Waals surface area contributed by atoms with Gasteiger partial charge in [0, 0.05) is 25.2 Å². The maximum absolute atomic E-state index is 12.7. The fraction of sp³-hybridized carbons (Fsp3) is 0.333. The highest BCUT2D eigenvalue weighted by Gasteiger charge is 2.42. The maximum atomic E-state index is 12.7. The zero-order chi connectivity index (χ0) is 16.6. The molecule has 0 saturated carbocycles. The zero-order valence-corrected chi connectivity index (χ0v) is 13.9. The summed E-state index contributed by atoms with van der Waals surface area (Å²) in [6.45, 7) is 5.51. The van der Waals surface area contributed by atoms with Crippen LogP contribution in [-0.2, 0) is 0 Å². The number of carbonyl (C=O) groups excluding carboxylic acids is 1. The number of likely N-dealkylation sites (tertiary alicyclic amines) is 1. The lowest BCUT2D eigenvalue weighted by Crippen LogP contribution is -2.34. The Morgan fingerprint density at radius 2 is 2.00 bits per heavy atom. The number of carbonyl (C=O) groups is 1. The Morgan fingerprint density at radius 3 is 2.70 bits per heavy atom. The summed E-state index contributed by atoms with van der Waals surface area (Å²) in [4.78, 5) is 28.9. The van der Waals surface area contributed by atoms with Gasteiger partial charge >= 0.3 is 0 Å². The molecule has 0 radical (unpaired) electrons. The molecule has 1 aliphatic heterocycles. The molecule has 5 heteroatoms. The number of hydrogen-bond donors (Lipinski definition) is 1. The van der Waals surface area contributed by atoms with Crippen molar-refractivity contribution in [2.24, 2.45) is 5.41 Å². The number of nitrogens with zero attached hydrogens (tertiary/aromatic N) is 1. The Kier molecular flexibility index (Phi) is 4.02. The summed E-state index contributed by atoms with van der Waals surface area (Å²) >= 11 is 5.91. The molecule has 1 aliphatic rings. The zero-order valence-electron chi connectivity index (χ0n) is 13.2. The number of nitrogens with one attached hydrogen (secondary N) is 1. The van der Waals surface area contributed by atoms with Gasteiger partial charge in [0.05, 0.1) is 5.02 Å². The molecule has 1 N–H and O–H groups in total. The number of benzene rings is 1. The first-order valence-electron chi connectivity index (χ1n) is 7.61. The van der Waals surface area contributed by atoms with Gasteiger partial charge in [0.25, 0.3) is 11.5 Å². The Labute approximate surface area is 140 Å². The van der Waals surface area contributed by atoms with Crippen molar-refractivity contribution in [1.82, 2.24) is 9.88 Å². The molecule has 1 fully saturated rings. The van der Waals surface area contributed by atoms with Crippen LogP contribution in [0.4, 0.5) is 0 Å². The summed E-state index contributed by atoms with van der Waals surface area (Å²) in [5.41, 5.74) is 0.859. The van der Waals surface area contributed by atoms with Crippen molar-refractivity contribution < 1.29 is 4.79 Å². The molecular formula is C18H19ClN2O2. The molecule has 4 nitrogen and oxygen atoms in total. The molecule has 23 heavy (non-hydrogen) atoms. The number of amides is 1. The van der Waals surface area contributed by atoms with Gasteiger partial charge in [-0.15, -0.1) is 0 Å². The lowest BCUT2D eigenvalue weighted by atomic mass is 9.78. The average Bonchev–Trinajstić information content (AvgIpc) is 2.85. The second-order valence-electron chi connectivity index (χ2n) is 6.70. The quantitative estimate of drug-likeness (QED) is 0.918. The minimum absolute atomic E-state index is 0.0532. The van der Waals surface area contributed by atoms with Crippen molar-refractivity contribution in [3.05, 3.63) is 69.1 Å². The first kappa shape index (κ1) is 15.8. The number of H-pyrrole nitrogens is 1. The highest BCUT2D eigenvalue weighted by atomic mass is 35.5. The van der Waals surface area contributed by atoms with Gasteiger partial charge in [-0.05, 0) is 17.0 Å². The summed E-state index contributed by atoms with van der Waals surface area (Å²) in [6.07, 6.45) is 1.39. The highest BCUT2D eigenvalue weighted by molar-refractivity contribution is 6.30. The minimum atomic E-state index is -0.402. The van der Waals surface area contributed by atoms with Crippen LogP contribution in [0.15, 0.2) is 47.4 Å². The molecule has 0 unspecified atom stereocenters. The van der Waals surface area contributed by atoms with Crippen molar-refractivity contribution in [3.8, 4) is 0 Å². The van der Waals surface area contributed by atoms with Crippen LogP contribution in [-0.4, -0.2) is 28.9 Å². The summed E-state index contributed by atoms with van der Waals surface area (Å²) in [5.74, 6) is -0.0221. The number of aromatic nitrogens is 1.